The molecule has 5 heteroatoms. The molecule has 68 valence electrons. The van der Waals surface area contributed by atoms with Crippen LogP contribution in [0.3, 0.4) is 0 Å². The van der Waals surface area contributed by atoms with E-state index in [1.165, 1.54) is 0 Å². The Kier molecular flexibility index (Phi) is 5.37. The van der Waals surface area contributed by atoms with Crippen molar-refractivity contribution >= 4 is 28.3 Å². The van der Waals surface area contributed by atoms with Gasteiger partial charge in [-0.3, -0.25) is 0 Å². The van der Waals surface area contributed by atoms with Crippen LogP contribution < -0.4 is 5.73 Å². The molecule has 2 N–H and O–H groups in total. The van der Waals surface area contributed by atoms with Crippen molar-refractivity contribution in [1.82, 2.24) is 4.98 Å². The average Bonchev–Trinajstić information content (AvgIpc) is 2.03. The SMILES string of the molecule is Cl.N[C@H](CF)c1cccc(Br)n1. The number of alkyl halides is 1. The van der Waals surface area contributed by atoms with Gasteiger partial charge in [0.1, 0.15) is 11.3 Å². The monoisotopic (exact) mass is 254 g/mol. The fraction of sp³-hybridized carbons (Fsp3) is 0.286. The molecule has 0 unspecified atom stereocenters. The van der Waals surface area contributed by atoms with Crippen LogP contribution in [-0.2, 0) is 0 Å². The van der Waals surface area contributed by atoms with Crippen molar-refractivity contribution in [2.75, 3.05) is 6.67 Å². The number of aromatic nitrogens is 1. The molecule has 0 fully saturated rings. The summed E-state index contributed by atoms with van der Waals surface area (Å²) >= 11 is 3.17. The van der Waals surface area contributed by atoms with E-state index in [1.807, 2.05) is 0 Å². The molecular formula is C7H9BrClFN2. The van der Waals surface area contributed by atoms with Gasteiger partial charge in [0.25, 0.3) is 0 Å². The predicted octanol–water partition coefficient (Wildman–Crippen LogP) is 2.24. The van der Waals surface area contributed by atoms with Crippen LogP contribution in [0.5, 0.6) is 0 Å². The minimum atomic E-state index is -0.604. The maximum absolute atomic E-state index is 12.0. The molecule has 0 saturated carbocycles. The van der Waals surface area contributed by atoms with Gasteiger partial charge in [-0.15, -0.1) is 12.4 Å². The van der Waals surface area contributed by atoms with Gasteiger partial charge in [-0.2, -0.15) is 0 Å². The summed E-state index contributed by atoms with van der Waals surface area (Å²) < 4.78 is 12.7. The number of nitrogens with zero attached hydrogens (tertiary/aromatic N) is 1. The number of rotatable bonds is 2. The third kappa shape index (κ3) is 3.05. The van der Waals surface area contributed by atoms with E-state index in [0.717, 1.165) is 0 Å². The highest BCUT2D eigenvalue weighted by atomic mass is 79.9. The Morgan fingerprint density at radius 2 is 2.25 bits per heavy atom. The molecule has 1 aromatic heterocycles. The average molecular weight is 256 g/mol. The first-order valence-electron chi connectivity index (χ1n) is 3.18. The van der Waals surface area contributed by atoms with Crippen LogP contribution in [0.25, 0.3) is 0 Å². The molecule has 1 atom stereocenters. The number of halogens is 3. The second-order valence-electron chi connectivity index (χ2n) is 2.15. The van der Waals surface area contributed by atoms with Gasteiger partial charge < -0.3 is 5.73 Å². The quantitative estimate of drug-likeness (QED) is 0.823. The van der Waals surface area contributed by atoms with E-state index in [0.29, 0.717) is 10.3 Å². The molecule has 0 aliphatic carbocycles. The molecule has 0 aromatic carbocycles. The number of pyridine rings is 1. The van der Waals surface area contributed by atoms with Crippen LogP contribution in [0.4, 0.5) is 4.39 Å². The van der Waals surface area contributed by atoms with Crippen molar-refractivity contribution in [1.29, 1.82) is 0 Å². The van der Waals surface area contributed by atoms with Crippen molar-refractivity contribution in [2.24, 2.45) is 5.73 Å². The van der Waals surface area contributed by atoms with E-state index < -0.39 is 12.7 Å². The van der Waals surface area contributed by atoms with Crippen LogP contribution >= 0.6 is 28.3 Å². The lowest BCUT2D eigenvalue weighted by Gasteiger charge is -2.05. The number of nitrogens with two attached hydrogens (primary N) is 1. The molecule has 1 heterocycles. The van der Waals surface area contributed by atoms with Crippen molar-refractivity contribution in [3.63, 3.8) is 0 Å². The molecule has 0 saturated heterocycles. The Labute approximate surface area is 84.9 Å². The van der Waals surface area contributed by atoms with Gasteiger partial charge in [-0.1, -0.05) is 6.07 Å². The zero-order valence-electron chi connectivity index (χ0n) is 6.21. The summed E-state index contributed by atoms with van der Waals surface area (Å²) in [6.45, 7) is -0.580. The van der Waals surface area contributed by atoms with Gasteiger partial charge in [0.2, 0.25) is 0 Å². The zero-order chi connectivity index (χ0) is 8.27. The molecular weight excluding hydrogens is 246 g/mol. The van der Waals surface area contributed by atoms with Crippen LogP contribution in [0.1, 0.15) is 11.7 Å². The van der Waals surface area contributed by atoms with E-state index in [1.54, 1.807) is 18.2 Å². The molecule has 1 aromatic rings. The Morgan fingerprint density at radius 3 is 2.75 bits per heavy atom. The van der Waals surface area contributed by atoms with Crippen LogP contribution in [0.15, 0.2) is 22.8 Å². The van der Waals surface area contributed by atoms with Gasteiger partial charge in [-0.25, -0.2) is 9.37 Å². The number of hydrogen-bond acceptors (Lipinski definition) is 2. The number of hydrogen-bond donors (Lipinski definition) is 1. The van der Waals surface area contributed by atoms with E-state index in [4.69, 9.17) is 5.73 Å². The second kappa shape index (κ2) is 5.45. The highest BCUT2D eigenvalue weighted by molar-refractivity contribution is 9.10. The third-order valence-corrected chi connectivity index (χ3v) is 1.72. The highest BCUT2D eigenvalue weighted by Gasteiger charge is 2.05. The lowest BCUT2D eigenvalue weighted by molar-refractivity contribution is 0.432. The van der Waals surface area contributed by atoms with Crippen molar-refractivity contribution in [2.45, 2.75) is 6.04 Å². The molecule has 0 aliphatic rings. The Hall–Kier alpha value is -0.190. The summed E-state index contributed by atoms with van der Waals surface area (Å²) in [5, 5.41) is 0. The third-order valence-electron chi connectivity index (χ3n) is 1.28. The Morgan fingerprint density at radius 1 is 1.58 bits per heavy atom. The largest absolute Gasteiger partial charge is 0.321 e. The summed E-state index contributed by atoms with van der Waals surface area (Å²) in [5.41, 5.74) is 5.98. The second-order valence-corrected chi connectivity index (χ2v) is 2.96. The molecule has 0 radical (unpaired) electrons. The van der Waals surface area contributed by atoms with E-state index in [2.05, 4.69) is 20.9 Å². The van der Waals surface area contributed by atoms with E-state index in [9.17, 15) is 4.39 Å². The predicted molar refractivity (Wildman–Crippen MR) is 52.1 cm³/mol. The van der Waals surface area contributed by atoms with E-state index >= 15 is 0 Å². The van der Waals surface area contributed by atoms with Gasteiger partial charge in [-0.05, 0) is 28.1 Å². The molecule has 0 spiro atoms. The topological polar surface area (TPSA) is 38.9 Å². The first kappa shape index (κ1) is 11.8. The summed E-state index contributed by atoms with van der Waals surface area (Å²) in [4.78, 5) is 4.00. The first-order chi connectivity index (χ1) is 5.24. The molecule has 0 bridgehead atoms. The standard InChI is InChI=1S/C7H8BrFN2.ClH/c8-7-3-1-2-6(11-7)5(10)4-9;/h1-3,5H,4,10H2;1H/t5-;/m1./s1. The van der Waals surface area contributed by atoms with Crippen LogP contribution in [0, 0.1) is 0 Å². The van der Waals surface area contributed by atoms with Gasteiger partial charge in [0.15, 0.2) is 0 Å². The summed E-state index contributed by atoms with van der Waals surface area (Å²) in [5.74, 6) is 0. The minimum Gasteiger partial charge on any atom is -0.321 e. The molecule has 0 amide bonds. The van der Waals surface area contributed by atoms with Gasteiger partial charge in [0, 0.05) is 0 Å². The fourth-order valence-electron chi connectivity index (χ4n) is 0.710. The minimum absolute atomic E-state index is 0. The van der Waals surface area contributed by atoms with Crippen LogP contribution in [0.2, 0.25) is 0 Å². The Bertz CT molecular complexity index is 247. The maximum Gasteiger partial charge on any atom is 0.110 e. The van der Waals surface area contributed by atoms with E-state index in [-0.39, 0.29) is 12.4 Å². The van der Waals surface area contributed by atoms with Gasteiger partial charge >= 0.3 is 0 Å². The summed E-state index contributed by atoms with van der Waals surface area (Å²) in [6.07, 6.45) is 0. The molecule has 12 heavy (non-hydrogen) atoms. The maximum atomic E-state index is 12.0. The Balaban J connectivity index is 0.00000121. The first-order valence-corrected chi connectivity index (χ1v) is 3.97. The lowest BCUT2D eigenvalue weighted by atomic mass is 10.2. The molecule has 0 aliphatic heterocycles. The summed E-state index contributed by atoms with van der Waals surface area (Å²) in [6, 6.07) is 4.65. The van der Waals surface area contributed by atoms with Gasteiger partial charge in [0.05, 0.1) is 11.7 Å². The smallest absolute Gasteiger partial charge is 0.110 e. The van der Waals surface area contributed by atoms with Crippen molar-refractivity contribution < 1.29 is 4.39 Å². The van der Waals surface area contributed by atoms with Crippen LogP contribution in [-0.4, -0.2) is 11.7 Å². The fourth-order valence-corrected chi connectivity index (χ4v) is 1.07. The molecule has 1 rings (SSSR count). The summed E-state index contributed by atoms with van der Waals surface area (Å²) in [7, 11) is 0. The highest BCUT2D eigenvalue weighted by Crippen LogP contribution is 2.11. The lowest BCUT2D eigenvalue weighted by Crippen LogP contribution is -2.13. The van der Waals surface area contributed by atoms with Crippen molar-refractivity contribution in [3.8, 4) is 0 Å². The zero-order valence-corrected chi connectivity index (χ0v) is 8.61. The molecule has 2 nitrogen and oxygen atoms in total. The normalized spacial score (nSPS) is 11.9. The van der Waals surface area contributed by atoms with Crippen molar-refractivity contribution in [3.05, 3.63) is 28.5 Å².